The smallest absolute Gasteiger partial charge is 0.290 e. The number of carbonyl (C=O) groups is 2. The van der Waals surface area contributed by atoms with Gasteiger partial charge >= 0.3 is 0 Å². The lowest BCUT2D eigenvalue weighted by Gasteiger charge is -2.27. The molecular weight excluding hydrogens is 432 g/mol. The highest BCUT2D eigenvalue weighted by atomic mass is 16.5. The Kier molecular flexibility index (Phi) is 7.87. The van der Waals surface area contributed by atoms with Gasteiger partial charge in [0, 0.05) is 32.7 Å². The van der Waals surface area contributed by atoms with Crippen molar-refractivity contribution in [3.8, 4) is 11.5 Å². The molecule has 182 valence electrons. The first-order valence-corrected chi connectivity index (χ1v) is 11.4. The molecule has 1 aliphatic rings. The number of Topliss-reactive ketones (excluding diaryl/α,β-unsaturated/α-hetero) is 1. The van der Waals surface area contributed by atoms with Crippen LogP contribution in [0.25, 0.3) is 0 Å². The van der Waals surface area contributed by atoms with Crippen LogP contribution in [0.2, 0.25) is 0 Å². The van der Waals surface area contributed by atoms with E-state index in [1.54, 1.807) is 19.1 Å². The molecule has 0 spiro atoms. The summed E-state index contributed by atoms with van der Waals surface area (Å²) in [6, 6.07) is 12.7. The van der Waals surface area contributed by atoms with Crippen molar-refractivity contribution < 1.29 is 24.2 Å². The van der Waals surface area contributed by atoms with Crippen molar-refractivity contribution >= 4 is 17.4 Å². The van der Waals surface area contributed by atoms with Crippen molar-refractivity contribution in [3.05, 3.63) is 64.9 Å². The van der Waals surface area contributed by atoms with Gasteiger partial charge in [-0.25, -0.2) is 0 Å². The van der Waals surface area contributed by atoms with E-state index >= 15 is 0 Å². The lowest BCUT2D eigenvalue weighted by molar-refractivity contribution is -0.129. The summed E-state index contributed by atoms with van der Waals surface area (Å²) >= 11 is 0. The van der Waals surface area contributed by atoms with Crippen molar-refractivity contribution in [1.82, 2.24) is 4.90 Å². The van der Waals surface area contributed by atoms with Crippen LogP contribution in [0.15, 0.2) is 53.8 Å². The minimum Gasteiger partial charge on any atom is -0.503 e. The maximum Gasteiger partial charge on any atom is 0.290 e. The van der Waals surface area contributed by atoms with Gasteiger partial charge in [-0.15, -0.1) is 0 Å². The number of aliphatic hydroxyl groups excluding tert-OH is 1. The quantitative estimate of drug-likeness (QED) is 0.562. The molecule has 7 heteroatoms. The molecule has 0 radical (unpaired) electrons. The van der Waals surface area contributed by atoms with Crippen LogP contribution in [0.1, 0.15) is 37.4 Å². The van der Waals surface area contributed by atoms with Crippen molar-refractivity contribution in [1.29, 1.82) is 0 Å². The monoisotopic (exact) mass is 466 g/mol. The van der Waals surface area contributed by atoms with Gasteiger partial charge in [0.05, 0.1) is 25.8 Å². The minimum absolute atomic E-state index is 0.112. The van der Waals surface area contributed by atoms with E-state index < -0.39 is 17.7 Å². The topological polar surface area (TPSA) is 79.3 Å². The number of amides is 1. The molecule has 3 rings (SSSR count). The van der Waals surface area contributed by atoms with Crippen molar-refractivity contribution in [2.75, 3.05) is 39.8 Å². The maximum absolute atomic E-state index is 13.1. The van der Waals surface area contributed by atoms with Gasteiger partial charge in [0.25, 0.3) is 5.91 Å². The number of rotatable bonds is 10. The maximum atomic E-state index is 13.1. The summed E-state index contributed by atoms with van der Waals surface area (Å²) < 4.78 is 10.7. The fraction of sp³-hybridized carbons (Fsp3) is 0.407. The Balaban J connectivity index is 1.94. The van der Waals surface area contributed by atoms with E-state index in [0.717, 1.165) is 16.8 Å². The molecule has 2 aromatic rings. The third-order valence-electron chi connectivity index (χ3n) is 6.01. The zero-order chi connectivity index (χ0) is 25.0. The number of ketones is 1. The fourth-order valence-electron chi connectivity index (χ4n) is 4.24. The first-order valence-electron chi connectivity index (χ1n) is 11.4. The number of nitrogens with zero attached hydrogens (tertiary/aromatic N) is 2. The average Bonchev–Trinajstić information content (AvgIpc) is 3.07. The summed E-state index contributed by atoms with van der Waals surface area (Å²) in [6.07, 6.45) is 0.791. The van der Waals surface area contributed by atoms with Crippen LogP contribution in [-0.4, -0.2) is 56.6 Å². The lowest BCUT2D eigenvalue weighted by Crippen LogP contribution is -2.33. The molecule has 1 unspecified atom stereocenters. The molecular formula is C27H34N2O5. The predicted octanol–water partition coefficient (Wildman–Crippen LogP) is 4.32. The molecule has 1 heterocycles. The van der Waals surface area contributed by atoms with Crippen LogP contribution in [0.3, 0.4) is 0 Å². The summed E-state index contributed by atoms with van der Waals surface area (Å²) in [7, 11) is 7.06. The number of ether oxygens (including phenoxy) is 2. The Bertz CT molecular complexity index is 1070. The van der Waals surface area contributed by atoms with E-state index in [2.05, 4.69) is 0 Å². The molecule has 7 nitrogen and oxygen atoms in total. The van der Waals surface area contributed by atoms with Crippen molar-refractivity contribution in [2.24, 2.45) is 5.92 Å². The number of anilines is 1. The minimum atomic E-state index is -0.630. The Morgan fingerprint density at radius 2 is 1.71 bits per heavy atom. The molecule has 1 N–H and O–H groups in total. The van der Waals surface area contributed by atoms with Crippen LogP contribution in [0.4, 0.5) is 5.69 Å². The van der Waals surface area contributed by atoms with E-state index in [1.807, 2.05) is 75.3 Å². The standard InChI is InChI=1S/C27H34N2O5/c1-17(2)15-21(30)24-25(19-8-10-20(11-9-19)28(3)4)29(27(32)26(24)31)14-13-18-7-12-22(33-5)23(16-18)34-6/h7-12,16-17,25,31H,13-15H2,1-6H3. The van der Waals surface area contributed by atoms with Crippen LogP contribution in [0.5, 0.6) is 11.5 Å². The summed E-state index contributed by atoms with van der Waals surface area (Å²) in [4.78, 5) is 29.8. The summed E-state index contributed by atoms with van der Waals surface area (Å²) in [5.41, 5.74) is 2.94. The second-order valence-electron chi connectivity index (χ2n) is 9.11. The number of methoxy groups -OCH3 is 2. The molecule has 34 heavy (non-hydrogen) atoms. The molecule has 0 saturated carbocycles. The second kappa shape index (κ2) is 10.6. The fourth-order valence-corrected chi connectivity index (χ4v) is 4.24. The van der Waals surface area contributed by atoms with Crippen LogP contribution < -0.4 is 14.4 Å². The highest BCUT2D eigenvalue weighted by molar-refractivity contribution is 6.09. The normalized spacial score (nSPS) is 15.8. The largest absolute Gasteiger partial charge is 0.503 e. The number of benzene rings is 2. The highest BCUT2D eigenvalue weighted by Gasteiger charge is 2.43. The number of hydrogen-bond donors (Lipinski definition) is 1. The number of aliphatic hydroxyl groups is 1. The Morgan fingerprint density at radius 1 is 1.06 bits per heavy atom. The van der Waals surface area contributed by atoms with Crippen molar-refractivity contribution in [3.63, 3.8) is 0 Å². The lowest BCUT2D eigenvalue weighted by atomic mass is 9.92. The molecule has 0 aliphatic carbocycles. The van der Waals surface area contributed by atoms with Gasteiger partial charge in [-0.1, -0.05) is 32.0 Å². The van der Waals surface area contributed by atoms with Gasteiger partial charge in [-0.2, -0.15) is 0 Å². The van der Waals surface area contributed by atoms with Gasteiger partial charge in [-0.3, -0.25) is 9.59 Å². The molecule has 2 aromatic carbocycles. The molecule has 1 atom stereocenters. The van der Waals surface area contributed by atoms with Gasteiger partial charge in [0.2, 0.25) is 0 Å². The molecule has 0 fully saturated rings. The Labute approximate surface area is 201 Å². The van der Waals surface area contributed by atoms with Crippen LogP contribution in [-0.2, 0) is 16.0 Å². The van der Waals surface area contributed by atoms with Gasteiger partial charge in [-0.05, 0) is 47.7 Å². The van der Waals surface area contributed by atoms with E-state index in [1.165, 1.54) is 0 Å². The van der Waals surface area contributed by atoms with Crippen LogP contribution in [0, 0.1) is 5.92 Å². The van der Waals surface area contributed by atoms with Crippen molar-refractivity contribution in [2.45, 2.75) is 32.7 Å². The second-order valence-corrected chi connectivity index (χ2v) is 9.11. The SMILES string of the molecule is COc1ccc(CCN2C(=O)C(O)=C(C(=O)CC(C)C)C2c2ccc(N(C)C)cc2)cc1OC. The van der Waals surface area contributed by atoms with E-state index in [-0.39, 0.29) is 23.7 Å². The first kappa shape index (κ1) is 25.1. The molecule has 1 aliphatic heterocycles. The third-order valence-corrected chi connectivity index (χ3v) is 6.01. The average molecular weight is 467 g/mol. The predicted molar refractivity (Wildman–Crippen MR) is 133 cm³/mol. The highest BCUT2D eigenvalue weighted by Crippen LogP contribution is 2.39. The zero-order valence-corrected chi connectivity index (χ0v) is 20.8. The summed E-state index contributed by atoms with van der Waals surface area (Å²) in [5, 5.41) is 10.8. The number of hydrogen-bond acceptors (Lipinski definition) is 6. The summed E-state index contributed by atoms with van der Waals surface area (Å²) in [5.74, 6) is 0.186. The molecule has 0 aromatic heterocycles. The Hall–Kier alpha value is -3.48. The van der Waals surface area contributed by atoms with E-state index in [9.17, 15) is 14.7 Å². The molecule has 0 bridgehead atoms. The van der Waals surface area contributed by atoms with Crippen LogP contribution >= 0.6 is 0 Å². The van der Waals surface area contributed by atoms with E-state index in [0.29, 0.717) is 24.5 Å². The number of carbonyl (C=O) groups excluding carboxylic acids is 2. The Morgan fingerprint density at radius 3 is 2.26 bits per heavy atom. The van der Waals surface area contributed by atoms with Gasteiger partial charge < -0.3 is 24.4 Å². The third kappa shape index (κ3) is 5.19. The van der Waals surface area contributed by atoms with Gasteiger partial charge in [0.15, 0.2) is 23.0 Å². The first-order chi connectivity index (χ1) is 16.2. The van der Waals surface area contributed by atoms with Gasteiger partial charge in [0.1, 0.15) is 0 Å². The summed E-state index contributed by atoms with van der Waals surface area (Å²) in [6.45, 7) is 4.22. The molecule has 0 saturated heterocycles. The molecule has 1 amide bonds. The van der Waals surface area contributed by atoms with E-state index in [4.69, 9.17) is 9.47 Å². The zero-order valence-electron chi connectivity index (χ0n) is 20.8.